The predicted octanol–water partition coefficient (Wildman–Crippen LogP) is 2.47. The van der Waals surface area contributed by atoms with Crippen LogP contribution in [0.4, 0.5) is 4.39 Å². The number of nitrogens with zero attached hydrogens (tertiary/aromatic N) is 1. The van der Waals surface area contributed by atoms with Crippen LogP contribution in [-0.2, 0) is 15.3 Å². The van der Waals surface area contributed by atoms with E-state index in [1.54, 1.807) is 12.1 Å². The van der Waals surface area contributed by atoms with Crippen molar-refractivity contribution in [3.8, 4) is 0 Å². The van der Waals surface area contributed by atoms with Crippen molar-refractivity contribution in [2.24, 2.45) is 4.99 Å². The molecule has 1 aromatic carbocycles. The molecule has 1 aliphatic carbocycles. The highest BCUT2D eigenvalue weighted by Gasteiger charge is 2.44. The number of halogens is 2. The first-order chi connectivity index (χ1) is 11.3. The van der Waals surface area contributed by atoms with Crippen LogP contribution in [0.5, 0.6) is 0 Å². The van der Waals surface area contributed by atoms with Crippen molar-refractivity contribution >= 4 is 39.8 Å². The molecule has 25 heavy (non-hydrogen) atoms. The second kappa shape index (κ2) is 9.70. The van der Waals surface area contributed by atoms with Crippen LogP contribution in [0.3, 0.4) is 0 Å². The Labute approximate surface area is 166 Å². The summed E-state index contributed by atoms with van der Waals surface area (Å²) < 4.78 is 35.7. The molecule has 0 saturated heterocycles. The Balaban J connectivity index is 0.00000312. The Hall–Kier alpha value is -0.900. The highest BCUT2D eigenvalue weighted by molar-refractivity contribution is 14.0. The number of rotatable bonds is 8. The lowest BCUT2D eigenvalue weighted by Gasteiger charge is -2.16. The maximum atomic E-state index is 13.4. The van der Waals surface area contributed by atoms with E-state index in [-0.39, 0.29) is 41.0 Å². The van der Waals surface area contributed by atoms with Gasteiger partial charge in [-0.15, -0.1) is 24.0 Å². The molecule has 5 nitrogen and oxygen atoms in total. The molecule has 0 aliphatic heterocycles. The van der Waals surface area contributed by atoms with Gasteiger partial charge in [-0.05, 0) is 43.9 Å². The Kier molecular flexibility index (Phi) is 8.59. The second-order valence-electron chi connectivity index (χ2n) is 6.40. The van der Waals surface area contributed by atoms with Crippen LogP contribution in [0, 0.1) is 5.82 Å². The third-order valence-corrected chi connectivity index (χ3v) is 5.19. The van der Waals surface area contributed by atoms with Crippen molar-refractivity contribution in [2.75, 3.05) is 31.6 Å². The molecular formula is C17H27FIN3O2S. The molecule has 1 aliphatic rings. The van der Waals surface area contributed by atoms with Gasteiger partial charge >= 0.3 is 0 Å². The lowest BCUT2D eigenvalue weighted by molar-refractivity contribution is 0.598. The van der Waals surface area contributed by atoms with Gasteiger partial charge in [-0.1, -0.05) is 12.1 Å². The summed E-state index contributed by atoms with van der Waals surface area (Å²) in [5.41, 5.74) is 0.941. The minimum Gasteiger partial charge on any atom is -0.357 e. The average Bonchev–Trinajstić information content (AvgIpc) is 3.29. The largest absolute Gasteiger partial charge is 0.357 e. The number of aliphatic imine (C=N–C) groups is 1. The highest BCUT2D eigenvalue weighted by Crippen LogP contribution is 2.48. The summed E-state index contributed by atoms with van der Waals surface area (Å²) >= 11 is 0. The highest BCUT2D eigenvalue weighted by atomic mass is 127. The third-order valence-electron chi connectivity index (χ3n) is 4.16. The van der Waals surface area contributed by atoms with Gasteiger partial charge in [0.25, 0.3) is 0 Å². The van der Waals surface area contributed by atoms with E-state index in [2.05, 4.69) is 15.6 Å². The number of nitrogens with one attached hydrogen (secondary N) is 2. The summed E-state index contributed by atoms with van der Waals surface area (Å²) in [5.74, 6) is 0.620. The molecule has 0 bridgehead atoms. The summed E-state index contributed by atoms with van der Waals surface area (Å²) in [5, 5.41) is 6.32. The number of sulfone groups is 1. The maximum absolute atomic E-state index is 13.4. The topological polar surface area (TPSA) is 70.6 Å². The molecule has 8 heteroatoms. The van der Waals surface area contributed by atoms with Crippen molar-refractivity contribution in [1.29, 1.82) is 0 Å². The van der Waals surface area contributed by atoms with Crippen LogP contribution in [-0.4, -0.2) is 46.0 Å². The van der Waals surface area contributed by atoms with Gasteiger partial charge < -0.3 is 10.6 Å². The van der Waals surface area contributed by atoms with Crippen molar-refractivity contribution in [3.05, 3.63) is 35.6 Å². The van der Waals surface area contributed by atoms with Gasteiger partial charge in [0.1, 0.15) is 15.7 Å². The molecular weight excluding hydrogens is 456 g/mol. The second-order valence-corrected chi connectivity index (χ2v) is 8.66. The van der Waals surface area contributed by atoms with Gasteiger partial charge in [0.05, 0.1) is 12.3 Å². The fraction of sp³-hybridized carbons (Fsp3) is 0.588. The molecule has 0 heterocycles. The fourth-order valence-corrected chi connectivity index (χ4v) is 3.29. The Morgan fingerprint density at radius 1 is 1.32 bits per heavy atom. The number of hydrogen-bond acceptors (Lipinski definition) is 3. The van der Waals surface area contributed by atoms with Crippen molar-refractivity contribution in [3.63, 3.8) is 0 Å². The zero-order chi connectivity index (χ0) is 17.6. The van der Waals surface area contributed by atoms with Crippen molar-refractivity contribution in [2.45, 2.75) is 31.6 Å². The zero-order valence-electron chi connectivity index (χ0n) is 14.7. The van der Waals surface area contributed by atoms with Gasteiger partial charge in [0, 0.05) is 24.8 Å². The Bertz CT molecular complexity index is 691. The monoisotopic (exact) mass is 483 g/mol. The van der Waals surface area contributed by atoms with Crippen LogP contribution in [0.25, 0.3) is 0 Å². The van der Waals surface area contributed by atoms with Crippen LogP contribution >= 0.6 is 24.0 Å². The van der Waals surface area contributed by atoms with Gasteiger partial charge in [-0.2, -0.15) is 0 Å². The van der Waals surface area contributed by atoms with E-state index in [0.29, 0.717) is 25.5 Å². The molecule has 1 fully saturated rings. The molecule has 0 radical (unpaired) electrons. The van der Waals surface area contributed by atoms with Crippen LogP contribution in [0.1, 0.15) is 31.7 Å². The molecule has 1 aromatic rings. The Morgan fingerprint density at radius 3 is 2.60 bits per heavy atom. The fourth-order valence-electron chi connectivity index (χ4n) is 2.62. The van der Waals surface area contributed by atoms with E-state index >= 15 is 0 Å². The van der Waals surface area contributed by atoms with Crippen molar-refractivity contribution in [1.82, 2.24) is 10.6 Å². The first-order valence-corrected chi connectivity index (χ1v) is 10.4. The smallest absolute Gasteiger partial charge is 0.191 e. The molecule has 0 aromatic heterocycles. The van der Waals surface area contributed by atoms with E-state index < -0.39 is 9.84 Å². The third kappa shape index (κ3) is 7.47. The number of hydrogen-bond donors (Lipinski definition) is 2. The van der Waals surface area contributed by atoms with Gasteiger partial charge in [0.15, 0.2) is 5.96 Å². The van der Waals surface area contributed by atoms with E-state index in [9.17, 15) is 12.8 Å². The maximum Gasteiger partial charge on any atom is 0.191 e. The molecule has 2 rings (SSSR count). The van der Waals surface area contributed by atoms with Gasteiger partial charge in [0.2, 0.25) is 0 Å². The predicted molar refractivity (Wildman–Crippen MR) is 111 cm³/mol. The van der Waals surface area contributed by atoms with Crippen LogP contribution in [0.15, 0.2) is 29.3 Å². The van der Waals surface area contributed by atoms with Crippen molar-refractivity contribution < 1.29 is 12.8 Å². The molecule has 0 spiro atoms. The first-order valence-electron chi connectivity index (χ1n) is 8.31. The molecule has 0 atom stereocenters. The van der Waals surface area contributed by atoms with Gasteiger partial charge in [-0.25, -0.2) is 12.8 Å². The summed E-state index contributed by atoms with van der Waals surface area (Å²) in [6.07, 6.45) is 3.79. The minimum absolute atomic E-state index is 0. The summed E-state index contributed by atoms with van der Waals surface area (Å²) in [6, 6.07) is 6.74. The number of guanidine groups is 1. The van der Waals surface area contributed by atoms with Crippen LogP contribution < -0.4 is 10.6 Å². The van der Waals surface area contributed by atoms with Crippen LogP contribution in [0.2, 0.25) is 0 Å². The summed E-state index contributed by atoms with van der Waals surface area (Å²) in [7, 11) is -2.94. The SMILES string of the molecule is CCNC(=NCC1(c2cccc(F)c2)CC1)NCCCS(C)(=O)=O.I. The van der Waals surface area contributed by atoms with Gasteiger partial charge in [-0.3, -0.25) is 4.99 Å². The molecule has 0 unspecified atom stereocenters. The van der Waals surface area contributed by atoms with E-state index in [1.807, 2.05) is 13.0 Å². The Morgan fingerprint density at radius 2 is 2.04 bits per heavy atom. The molecule has 142 valence electrons. The quantitative estimate of drug-likeness (QED) is 0.258. The molecule has 1 saturated carbocycles. The van der Waals surface area contributed by atoms with E-state index in [0.717, 1.165) is 24.9 Å². The minimum atomic E-state index is -2.94. The number of benzene rings is 1. The lowest BCUT2D eigenvalue weighted by Crippen LogP contribution is -2.38. The lowest BCUT2D eigenvalue weighted by atomic mass is 9.96. The first kappa shape index (κ1) is 22.1. The molecule has 0 amide bonds. The standard InChI is InChI=1S/C17H26FN3O2S.HI/c1-3-19-16(20-10-5-11-24(2,22)23)21-13-17(8-9-17)14-6-4-7-15(18)12-14;/h4,6-7,12H,3,5,8-11,13H2,1-2H3,(H2,19,20,21);1H. The van der Waals surface area contributed by atoms with E-state index in [4.69, 9.17) is 0 Å². The zero-order valence-corrected chi connectivity index (χ0v) is 17.9. The summed E-state index contributed by atoms with van der Waals surface area (Å²) in [4.78, 5) is 4.61. The van der Waals surface area contributed by atoms with E-state index in [1.165, 1.54) is 12.3 Å². The molecule has 2 N–H and O–H groups in total. The average molecular weight is 483 g/mol. The normalized spacial score (nSPS) is 16.0. The summed E-state index contributed by atoms with van der Waals surface area (Å²) in [6.45, 7) is 3.85.